The van der Waals surface area contributed by atoms with E-state index in [2.05, 4.69) is 293 Å². The van der Waals surface area contributed by atoms with Crippen molar-refractivity contribution in [2.45, 2.75) is 43.9 Å². The monoisotopic (exact) mass is 993 g/mol. The first kappa shape index (κ1) is 44.9. The van der Waals surface area contributed by atoms with E-state index >= 15 is 0 Å². The van der Waals surface area contributed by atoms with Crippen molar-refractivity contribution in [3.05, 3.63) is 305 Å². The topological polar surface area (TPSA) is 3.24 Å². The summed E-state index contributed by atoms with van der Waals surface area (Å²) in [7, 11) is 0. The Bertz CT molecular complexity index is 4410. The maximum atomic E-state index is 2.53. The molecule has 4 aliphatic carbocycles. The van der Waals surface area contributed by atoms with Gasteiger partial charge in [0, 0.05) is 27.9 Å². The highest BCUT2D eigenvalue weighted by molar-refractivity contribution is 6.15. The lowest BCUT2D eigenvalue weighted by Gasteiger charge is -2.32. The van der Waals surface area contributed by atoms with Gasteiger partial charge in [-0.1, -0.05) is 252 Å². The molecule has 4 aliphatic rings. The van der Waals surface area contributed by atoms with Crippen molar-refractivity contribution in [3.63, 3.8) is 0 Å². The van der Waals surface area contributed by atoms with Gasteiger partial charge in [0.2, 0.25) is 0 Å². The predicted octanol–water partition coefficient (Wildman–Crippen LogP) is 20.3. The van der Waals surface area contributed by atoms with E-state index < -0.39 is 5.41 Å². The number of hydrogen-bond acceptors (Lipinski definition) is 1. The second-order valence-electron chi connectivity index (χ2n) is 23.1. The molecule has 0 N–H and O–H groups in total. The molecule has 0 aromatic heterocycles. The lowest BCUT2D eigenvalue weighted by atomic mass is 9.70. The van der Waals surface area contributed by atoms with Gasteiger partial charge < -0.3 is 4.90 Å². The van der Waals surface area contributed by atoms with Crippen LogP contribution in [-0.2, 0) is 16.2 Å². The Morgan fingerprint density at radius 2 is 0.628 bits per heavy atom. The van der Waals surface area contributed by atoms with Gasteiger partial charge in [0.25, 0.3) is 0 Å². The van der Waals surface area contributed by atoms with Gasteiger partial charge >= 0.3 is 0 Å². The molecule has 12 aromatic rings. The number of nitrogens with zero attached hydrogens (tertiary/aromatic N) is 1. The van der Waals surface area contributed by atoms with E-state index in [1.165, 1.54) is 133 Å². The third-order valence-corrected chi connectivity index (χ3v) is 18.5. The molecule has 78 heavy (non-hydrogen) atoms. The molecule has 1 nitrogen and oxygen atoms in total. The molecular weight excluding hydrogens is 939 g/mol. The van der Waals surface area contributed by atoms with Gasteiger partial charge in [-0.05, 0) is 170 Å². The molecule has 0 amide bonds. The molecule has 0 unspecified atom stereocenters. The fourth-order valence-electron chi connectivity index (χ4n) is 15.1. The number of anilines is 3. The van der Waals surface area contributed by atoms with E-state index in [9.17, 15) is 0 Å². The zero-order chi connectivity index (χ0) is 52.1. The Morgan fingerprint density at radius 3 is 1.22 bits per heavy atom. The highest BCUT2D eigenvalue weighted by atomic mass is 15.1. The molecular formula is C77H55N. The molecule has 0 fully saturated rings. The summed E-state index contributed by atoms with van der Waals surface area (Å²) in [6, 6.07) is 98.7. The van der Waals surface area contributed by atoms with Crippen LogP contribution in [0.25, 0.3) is 88.7 Å². The van der Waals surface area contributed by atoms with E-state index in [1.807, 2.05) is 0 Å². The molecule has 0 heterocycles. The quantitative estimate of drug-likeness (QED) is 0.160. The summed E-state index contributed by atoms with van der Waals surface area (Å²) >= 11 is 0. The largest absolute Gasteiger partial charge is 0.310 e. The van der Waals surface area contributed by atoms with Gasteiger partial charge in [0.15, 0.2) is 0 Å². The van der Waals surface area contributed by atoms with E-state index in [-0.39, 0.29) is 10.8 Å². The third kappa shape index (κ3) is 6.02. The number of benzene rings is 12. The van der Waals surface area contributed by atoms with Crippen LogP contribution in [0.15, 0.2) is 261 Å². The summed E-state index contributed by atoms with van der Waals surface area (Å²) in [5.41, 5.74) is 31.3. The van der Waals surface area contributed by atoms with E-state index in [0.717, 1.165) is 17.1 Å². The molecule has 0 radical (unpaired) electrons. The Morgan fingerprint density at radius 1 is 0.244 bits per heavy atom. The standard InChI is InChI=1S/C77H55N/c1-75(2)64-29-15-10-22-55(64)59-44-42-53(46-69(59)75)78(54-43-45-60-58-25-13-19-33-68(58)77(70(60)47-54)66-31-17-11-23-56(66)57-24-12-18-32-67(57)77)52-40-38-50(39-41-52)71-61-26-8-9-27-62(61)74-73(63-28-14-16-30-65(63)76(74,3)4)72(71)51-36-34-49(35-37-51)48-20-6-5-7-21-48/h5-47H,1-4H3. The van der Waals surface area contributed by atoms with E-state index in [0.29, 0.717) is 0 Å². The van der Waals surface area contributed by atoms with Crippen LogP contribution in [0, 0.1) is 0 Å². The predicted molar refractivity (Wildman–Crippen MR) is 326 cm³/mol. The van der Waals surface area contributed by atoms with Crippen molar-refractivity contribution >= 4 is 27.8 Å². The third-order valence-electron chi connectivity index (χ3n) is 18.5. The molecule has 12 aromatic carbocycles. The molecule has 0 aliphatic heterocycles. The van der Waals surface area contributed by atoms with Gasteiger partial charge in [-0.2, -0.15) is 0 Å². The Kier molecular flexibility index (Phi) is 9.42. The maximum absolute atomic E-state index is 2.53. The lowest BCUT2D eigenvalue weighted by Crippen LogP contribution is -2.26. The summed E-state index contributed by atoms with van der Waals surface area (Å²) in [6.07, 6.45) is 0. The Balaban J connectivity index is 0.925. The van der Waals surface area contributed by atoms with Crippen LogP contribution in [-0.4, -0.2) is 0 Å². The summed E-state index contributed by atoms with van der Waals surface area (Å²) in [4.78, 5) is 2.52. The summed E-state index contributed by atoms with van der Waals surface area (Å²) < 4.78 is 0. The molecule has 1 spiro atoms. The minimum absolute atomic E-state index is 0.171. The van der Waals surface area contributed by atoms with Crippen molar-refractivity contribution in [3.8, 4) is 77.9 Å². The molecule has 368 valence electrons. The van der Waals surface area contributed by atoms with Gasteiger partial charge in [-0.25, -0.2) is 0 Å². The molecule has 1 heteroatoms. The smallest absolute Gasteiger partial charge is 0.0726 e. The highest BCUT2D eigenvalue weighted by Gasteiger charge is 2.52. The zero-order valence-electron chi connectivity index (χ0n) is 44.3. The average Bonchev–Trinajstić information content (AvgIpc) is 2.58. The van der Waals surface area contributed by atoms with Crippen LogP contribution in [0.3, 0.4) is 0 Å². The highest BCUT2D eigenvalue weighted by Crippen LogP contribution is 2.64. The van der Waals surface area contributed by atoms with Crippen LogP contribution < -0.4 is 4.90 Å². The van der Waals surface area contributed by atoms with Crippen LogP contribution in [0.4, 0.5) is 17.1 Å². The number of fused-ring (bicyclic) bond motifs is 18. The summed E-state index contributed by atoms with van der Waals surface area (Å²) in [5, 5.41) is 2.58. The maximum Gasteiger partial charge on any atom is 0.0726 e. The molecule has 0 saturated carbocycles. The first-order valence-electron chi connectivity index (χ1n) is 27.7. The van der Waals surface area contributed by atoms with Crippen molar-refractivity contribution in [2.75, 3.05) is 4.90 Å². The van der Waals surface area contributed by atoms with E-state index in [1.54, 1.807) is 0 Å². The van der Waals surface area contributed by atoms with Gasteiger partial charge in [0.1, 0.15) is 0 Å². The van der Waals surface area contributed by atoms with Gasteiger partial charge in [0.05, 0.1) is 5.41 Å². The molecule has 0 atom stereocenters. The average molecular weight is 994 g/mol. The second kappa shape index (κ2) is 16.4. The van der Waals surface area contributed by atoms with Gasteiger partial charge in [-0.15, -0.1) is 0 Å². The van der Waals surface area contributed by atoms with Crippen molar-refractivity contribution in [2.24, 2.45) is 0 Å². The number of rotatable bonds is 6. The summed E-state index contributed by atoms with van der Waals surface area (Å²) in [5.74, 6) is 0. The SMILES string of the molecule is CC1(C)c2ccccc2-c2ccc(N(c3ccc(-c4c(-c5ccc(-c6ccccc6)cc5)c5c(c6ccccc46)C(C)(C)c4ccccc4-5)cc3)c3ccc4c(c3)C3(c5ccccc5-c5ccccc53)c3ccccc3-4)cc21. The van der Waals surface area contributed by atoms with Gasteiger partial charge in [-0.3, -0.25) is 0 Å². The van der Waals surface area contributed by atoms with Crippen LogP contribution in [0.1, 0.15) is 72.2 Å². The van der Waals surface area contributed by atoms with Crippen molar-refractivity contribution in [1.82, 2.24) is 0 Å². The van der Waals surface area contributed by atoms with Crippen LogP contribution in [0.2, 0.25) is 0 Å². The molecule has 16 rings (SSSR count). The minimum atomic E-state index is -0.469. The summed E-state index contributed by atoms with van der Waals surface area (Å²) in [6.45, 7) is 9.61. The van der Waals surface area contributed by atoms with E-state index in [4.69, 9.17) is 0 Å². The first-order chi connectivity index (χ1) is 38.2. The number of hydrogen-bond donors (Lipinski definition) is 0. The second-order valence-corrected chi connectivity index (χ2v) is 23.1. The Hall–Kier alpha value is -9.30. The Labute approximate surface area is 457 Å². The van der Waals surface area contributed by atoms with Crippen molar-refractivity contribution < 1.29 is 0 Å². The minimum Gasteiger partial charge on any atom is -0.310 e. The molecule has 0 bridgehead atoms. The molecule has 0 saturated heterocycles. The fourth-order valence-corrected chi connectivity index (χ4v) is 15.1. The van der Waals surface area contributed by atoms with Crippen LogP contribution >= 0.6 is 0 Å². The van der Waals surface area contributed by atoms with Crippen molar-refractivity contribution in [1.29, 1.82) is 0 Å². The van der Waals surface area contributed by atoms with Crippen LogP contribution in [0.5, 0.6) is 0 Å². The lowest BCUT2D eigenvalue weighted by molar-refractivity contribution is 0.660. The first-order valence-corrected chi connectivity index (χ1v) is 27.7. The fraction of sp³-hybridized carbons (Fsp3) is 0.0909. The zero-order valence-corrected chi connectivity index (χ0v) is 44.3. The normalized spacial score (nSPS) is 14.7.